The molecule has 0 radical (unpaired) electrons. The smallest absolute Gasteiger partial charge is 0.289 e. The van der Waals surface area contributed by atoms with Gasteiger partial charge in [-0.2, -0.15) is 5.10 Å². The van der Waals surface area contributed by atoms with E-state index in [0.717, 1.165) is 5.56 Å². The SMILES string of the molecule is COCCNC(=O)C1(n2cccn2)CCN(C(=O)c2occc2C)CC1. The molecule has 0 atom stereocenters. The largest absolute Gasteiger partial charge is 0.459 e. The number of nitrogens with one attached hydrogen (secondary N) is 1. The monoisotopic (exact) mass is 360 g/mol. The average molecular weight is 360 g/mol. The molecule has 3 rings (SSSR count). The summed E-state index contributed by atoms with van der Waals surface area (Å²) in [5.41, 5.74) is 0.0166. The lowest BCUT2D eigenvalue weighted by atomic mass is 9.86. The predicted octanol–water partition coefficient (Wildman–Crippen LogP) is 1.18. The normalized spacial score (nSPS) is 16.5. The fraction of sp³-hybridized carbons (Fsp3) is 0.500. The van der Waals surface area contributed by atoms with E-state index in [2.05, 4.69) is 10.4 Å². The molecule has 2 aromatic rings. The molecule has 26 heavy (non-hydrogen) atoms. The highest BCUT2D eigenvalue weighted by Crippen LogP contribution is 2.31. The third-order valence-corrected chi connectivity index (χ3v) is 4.89. The van der Waals surface area contributed by atoms with Gasteiger partial charge in [-0.15, -0.1) is 0 Å². The number of likely N-dealkylation sites (tertiary alicyclic amines) is 1. The molecular weight excluding hydrogens is 336 g/mol. The number of methoxy groups -OCH3 is 1. The Kier molecular flexibility index (Phi) is 5.41. The van der Waals surface area contributed by atoms with Crippen LogP contribution in [0.2, 0.25) is 0 Å². The van der Waals surface area contributed by atoms with Gasteiger partial charge in [0, 0.05) is 44.7 Å². The molecule has 1 N–H and O–H groups in total. The number of amides is 2. The first-order valence-corrected chi connectivity index (χ1v) is 8.69. The van der Waals surface area contributed by atoms with Crippen LogP contribution in [0.3, 0.4) is 0 Å². The van der Waals surface area contributed by atoms with Gasteiger partial charge in [-0.3, -0.25) is 14.3 Å². The van der Waals surface area contributed by atoms with Crippen LogP contribution >= 0.6 is 0 Å². The van der Waals surface area contributed by atoms with Gasteiger partial charge in [0.15, 0.2) is 5.76 Å². The second kappa shape index (κ2) is 7.74. The van der Waals surface area contributed by atoms with Crippen LogP contribution in [0.1, 0.15) is 29.0 Å². The Bertz CT molecular complexity index is 745. The zero-order valence-electron chi connectivity index (χ0n) is 15.1. The zero-order valence-corrected chi connectivity index (χ0v) is 15.1. The van der Waals surface area contributed by atoms with Crippen LogP contribution in [0.4, 0.5) is 0 Å². The maximum Gasteiger partial charge on any atom is 0.289 e. The van der Waals surface area contributed by atoms with Gasteiger partial charge < -0.3 is 19.4 Å². The molecule has 2 amide bonds. The number of hydrogen-bond acceptors (Lipinski definition) is 5. The van der Waals surface area contributed by atoms with E-state index >= 15 is 0 Å². The van der Waals surface area contributed by atoms with Crippen LogP contribution in [0, 0.1) is 6.92 Å². The first-order chi connectivity index (χ1) is 12.6. The Balaban J connectivity index is 1.74. The van der Waals surface area contributed by atoms with Crippen molar-refractivity contribution in [3.63, 3.8) is 0 Å². The Hall–Kier alpha value is -2.61. The van der Waals surface area contributed by atoms with E-state index in [1.807, 2.05) is 6.92 Å². The summed E-state index contributed by atoms with van der Waals surface area (Å²) in [6, 6.07) is 3.57. The van der Waals surface area contributed by atoms with Gasteiger partial charge in [0.1, 0.15) is 5.54 Å². The number of hydrogen-bond donors (Lipinski definition) is 1. The number of nitrogens with zero attached hydrogens (tertiary/aromatic N) is 3. The van der Waals surface area contributed by atoms with Crippen molar-refractivity contribution in [2.24, 2.45) is 0 Å². The molecule has 0 aliphatic carbocycles. The highest BCUT2D eigenvalue weighted by Gasteiger charge is 2.44. The van der Waals surface area contributed by atoms with Crippen molar-refractivity contribution in [2.45, 2.75) is 25.3 Å². The summed E-state index contributed by atoms with van der Waals surface area (Å²) >= 11 is 0. The molecule has 0 spiro atoms. The first kappa shape index (κ1) is 18.2. The molecule has 0 saturated carbocycles. The van der Waals surface area contributed by atoms with Gasteiger partial charge in [0.2, 0.25) is 5.91 Å². The van der Waals surface area contributed by atoms with Gasteiger partial charge >= 0.3 is 0 Å². The van der Waals surface area contributed by atoms with E-state index in [0.29, 0.717) is 44.8 Å². The average Bonchev–Trinajstić information content (AvgIpc) is 3.33. The van der Waals surface area contributed by atoms with Crippen molar-refractivity contribution in [2.75, 3.05) is 33.4 Å². The van der Waals surface area contributed by atoms with E-state index < -0.39 is 5.54 Å². The molecule has 140 valence electrons. The number of carbonyl (C=O) groups is 2. The van der Waals surface area contributed by atoms with Crippen molar-refractivity contribution in [3.05, 3.63) is 42.1 Å². The minimum absolute atomic E-state index is 0.0977. The van der Waals surface area contributed by atoms with E-state index in [9.17, 15) is 9.59 Å². The molecule has 0 bridgehead atoms. The maximum absolute atomic E-state index is 12.9. The second-order valence-electron chi connectivity index (χ2n) is 6.46. The summed E-state index contributed by atoms with van der Waals surface area (Å²) < 4.78 is 12.0. The Morgan fingerprint density at radius 2 is 2.15 bits per heavy atom. The number of aromatic nitrogens is 2. The maximum atomic E-state index is 12.9. The topological polar surface area (TPSA) is 89.6 Å². The minimum atomic E-state index is -0.799. The number of furan rings is 1. The summed E-state index contributed by atoms with van der Waals surface area (Å²) in [5, 5.41) is 7.21. The molecule has 0 unspecified atom stereocenters. The van der Waals surface area contributed by atoms with Gasteiger partial charge in [0.05, 0.1) is 12.9 Å². The Morgan fingerprint density at radius 3 is 2.73 bits per heavy atom. The van der Waals surface area contributed by atoms with Gasteiger partial charge in [-0.25, -0.2) is 0 Å². The number of aryl methyl sites for hydroxylation is 1. The molecule has 1 fully saturated rings. The zero-order chi connectivity index (χ0) is 18.6. The van der Waals surface area contributed by atoms with Gasteiger partial charge in [0.25, 0.3) is 5.91 Å². The van der Waals surface area contributed by atoms with Crippen molar-refractivity contribution in [3.8, 4) is 0 Å². The van der Waals surface area contributed by atoms with Crippen LogP contribution in [-0.2, 0) is 15.1 Å². The van der Waals surface area contributed by atoms with Crippen LogP contribution in [0.25, 0.3) is 0 Å². The molecule has 0 aromatic carbocycles. The van der Waals surface area contributed by atoms with Crippen LogP contribution in [0.15, 0.2) is 35.2 Å². The number of carbonyl (C=O) groups excluding carboxylic acids is 2. The van der Waals surface area contributed by atoms with E-state index in [4.69, 9.17) is 9.15 Å². The number of ether oxygens (including phenoxy) is 1. The lowest BCUT2D eigenvalue weighted by Gasteiger charge is -2.40. The van der Waals surface area contributed by atoms with Crippen LogP contribution < -0.4 is 5.32 Å². The van der Waals surface area contributed by atoms with Crippen LogP contribution in [-0.4, -0.2) is 59.8 Å². The van der Waals surface area contributed by atoms with E-state index in [1.54, 1.807) is 41.2 Å². The lowest BCUT2D eigenvalue weighted by Crippen LogP contribution is -2.56. The standard InChI is InChI=1S/C18H24N4O4/c1-14-4-12-26-15(14)16(23)21-10-5-18(6-11-21,22-9-3-7-20-22)17(24)19-8-13-25-2/h3-4,7,9,12H,5-6,8,10-11,13H2,1-2H3,(H,19,24). The molecule has 1 aliphatic rings. The van der Waals surface area contributed by atoms with Crippen molar-refractivity contribution < 1.29 is 18.7 Å². The van der Waals surface area contributed by atoms with Crippen LogP contribution in [0.5, 0.6) is 0 Å². The van der Waals surface area contributed by atoms with Crippen molar-refractivity contribution >= 4 is 11.8 Å². The van der Waals surface area contributed by atoms with Crippen molar-refractivity contribution in [1.82, 2.24) is 20.0 Å². The highest BCUT2D eigenvalue weighted by molar-refractivity contribution is 5.93. The fourth-order valence-corrected chi connectivity index (χ4v) is 3.33. The summed E-state index contributed by atoms with van der Waals surface area (Å²) in [4.78, 5) is 27.3. The van der Waals surface area contributed by atoms with E-state index in [-0.39, 0.29) is 11.8 Å². The third kappa shape index (κ3) is 3.37. The molecular formula is C18H24N4O4. The van der Waals surface area contributed by atoms with Gasteiger partial charge in [-0.05, 0) is 31.9 Å². The highest BCUT2D eigenvalue weighted by atomic mass is 16.5. The van der Waals surface area contributed by atoms with Gasteiger partial charge in [-0.1, -0.05) is 0 Å². The lowest BCUT2D eigenvalue weighted by molar-refractivity contribution is -0.133. The number of piperidine rings is 1. The molecule has 2 aromatic heterocycles. The number of rotatable bonds is 6. The quantitative estimate of drug-likeness (QED) is 0.782. The summed E-state index contributed by atoms with van der Waals surface area (Å²) in [6.07, 6.45) is 5.94. The third-order valence-electron chi connectivity index (χ3n) is 4.89. The fourth-order valence-electron chi connectivity index (χ4n) is 3.33. The summed E-state index contributed by atoms with van der Waals surface area (Å²) in [6.45, 7) is 3.64. The second-order valence-corrected chi connectivity index (χ2v) is 6.46. The predicted molar refractivity (Wildman–Crippen MR) is 93.7 cm³/mol. The van der Waals surface area contributed by atoms with E-state index in [1.165, 1.54) is 6.26 Å². The Labute approximate surface area is 152 Å². The molecule has 8 heteroatoms. The molecule has 3 heterocycles. The summed E-state index contributed by atoms with van der Waals surface area (Å²) in [7, 11) is 1.59. The van der Waals surface area contributed by atoms with Crippen molar-refractivity contribution in [1.29, 1.82) is 0 Å². The summed E-state index contributed by atoms with van der Waals surface area (Å²) in [5.74, 6) is 0.127. The molecule has 8 nitrogen and oxygen atoms in total. The first-order valence-electron chi connectivity index (χ1n) is 8.69. The molecule has 1 saturated heterocycles. The minimum Gasteiger partial charge on any atom is -0.459 e. The Morgan fingerprint density at radius 1 is 1.38 bits per heavy atom. The molecule has 1 aliphatic heterocycles.